The van der Waals surface area contributed by atoms with E-state index in [1.165, 1.54) is 34.3 Å². The molecule has 0 spiro atoms. The van der Waals surface area contributed by atoms with E-state index in [9.17, 15) is 0 Å². The van der Waals surface area contributed by atoms with E-state index in [2.05, 4.69) is 40.3 Å². The standard InChI is InChI=1S/C17H11ClN2OS2/c1-22-17-19-15(18)14-16(20-17)21-13(9-23-14)12-7-6-10-4-2-3-5-11(10)8-12/h2-9H,1H3. The average Bonchev–Trinajstić information content (AvgIpc) is 2.60. The van der Waals surface area contributed by atoms with Crippen molar-refractivity contribution in [2.45, 2.75) is 10.1 Å². The first kappa shape index (κ1) is 14.9. The predicted octanol–water partition coefficient (Wildman–Crippen LogP) is 5.49. The average molecular weight is 359 g/mol. The Hall–Kier alpha value is -1.69. The van der Waals surface area contributed by atoms with Gasteiger partial charge in [0.2, 0.25) is 5.88 Å². The fraction of sp³-hybridized carbons (Fsp3) is 0.0588. The second-order valence-electron chi connectivity index (χ2n) is 4.90. The third-order valence-corrected chi connectivity index (χ3v) is 5.35. The highest BCUT2D eigenvalue weighted by Gasteiger charge is 2.21. The maximum atomic E-state index is 6.20. The van der Waals surface area contributed by atoms with E-state index >= 15 is 0 Å². The van der Waals surface area contributed by atoms with E-state index in [0.717, 1.165) is 16.2 Å². The number of benzene rings is 2. The Kier molecular flexibility index (Phi) is 3.93. The van der Waals surface area contributed by atoms with Gasteiger partial charge in [-0.25, -0.2) is 4.98 Å². The van der Waals surface area contributed by atoms with Gasteiger partial charge in [-0.1, -0.05) is 71.5 Å². The van der Waals surface area contributed by atoms with Crippen LogP contribution in [0.2, 0.25) is 5.15 Å². The molecule has 2 aromatic carbocycles. The molecule has 6 heteroatoms. The van der Waals surface area contributed by atoms with Crippen LogP contribution in [-0.4, -0.2) is 16.2 Å². The van der Waals surface area contributed by atoms with Gasteiger partial charge in [0.25, 0.3) is 0 Å². The van der Waals surface area contributed by atoms with Gasteiger partial charge in [0.1, 0.15) is 10.7 Å². The molecule has 0 saturated heterocycles. The molecule has 0 bridgehead atoms. The summed E-state index contributed by atoms with van der Waals surface area (Å²) < 4.78 is 5.98. The number of ether oxygens (including phenoxy) is 1. The van der Waals surface area contributed by atoms with Gasteiger partial charge >= 0.3 is 0 Å². The molecule has 4 rings (SSSR count). The fourth-order valence-electron chi connectivity index (χ4n) is 2.36. The zero-order chi connectivity index (χ0) is 15.8. The summed E-state index contributed by atoms with van der Waals surface area (Å²) in [6.07, 6.45) is 1.91. The van der Waals surface area contributed by atoms with Gasteiger partial charge in [-0.2, -0.15) is 4.98 Å². The number of fused-ring (bicyclic) bond motifs is 2. The topological polar surface area (TPSA) is 35.0 Å². The molecule has 3 nitrogen and oxygen atoms in total. The Morgan fingerprint density at radius 3 is 2.74 bits per heavy atom. The zero-order valence-corrected chi connectivity index (χ0v) is 14.5. The van der Waals surface area contributed by atoms with Gasteiger partial charge in [-0.15, -0.1) is 0 Å². The van der Waals surface area contributed by atoms with Crippen molar-refractivity contribution in [2.24, 2.45) is 0 Å². The third kappa shape index (κ3) is 2.80. The molecular formula is C17H11ClN2OS2. The van der Waals surface area contributed by atoms with E-state index in [0.29, 0.717) is 16.2 Å². The van der Waals surface area contributed by atoms with Crippen molar-refractivity contribution in [3.63, 3.8) is 0 Å². The number of rotatable bonds is 2. The summed E-state index contributed by atoms with van der Waals surface area (Å²) in [5, 5.41) is 5.36. The molecule has 0 amide bonds. The summed E-state index contributed by atoms with van der Waals surface area (Å²) in [7, 11) is 0. The minimum absolute atomic E-state index is 0.429. The van der Waals surface area contributed by atoms with Crippen molar-refractivity contribution >= 4 is 51.7 Å². The fourth-order valence-corrected chi connectivity index (χ4v) is 3.80. The van der Waals surface area contributed by atoms with Gasteiger partial charge in [-0.05, 0) is 23.1 Å². The molecule has 0 fully saturated rings. The lowest BCUT2D eigenvalue weighted by molar-refractivity contribution is 0.468. The maximum Gasteiger partial charge on any atom is 0.239 e. The van der Waals surface area contributed by atoms with Crippen molar-refractivity contribution in [1.29, 1.82) is 0 Å². The van der Waals surface area contributed by atoms with Crippen LogP contribution in [0.1, 0.15) is 5.56 Å². The highest BCUT2D eigenvalue weighted by molar-refractivity contribution is 8.02. The Morgan fingerprint density at radius 1 is 1.09 bits per heavy atom. The molecule has 3 aromatic rings. The van der Waals surface area contributed by atoms with Crippen LogP contribution in [0.4, 0.5) is 0 Å². The molecular weight excluding hydrogens is 348 g/mol. The number of hydrogen-bond donors (Lipinski definition) is 0. The summed E-state index contributed by atoms with van der Waals surface area (Å²) in [5.41, 5.74) is 1.02. The molecule has 0 unspecified atom stereocenters. The predicted molar refractivity (Wildman–Crippen MR) is 97.2 cm³/mol. The Bertz CT molecular complexity index is 943. The van der Waals surface area contributed by atoms with Gasteiger partial charge in [0.15, 0.2) is 10.3 Å². The normalized spacial score (nSPS) is 13.4. The number of thioether (sulfide) groups is 2. The van der Waals surface area contributed by atoms with E-state index < -0.39 is 0 Å². The van der Waals surface area contributed by atoms with Crippen molar-refractivity contribution in [1.82, 2.24) is 9.97 Å². The zero-order valence-electron chi connectivity index (χ0n) is 12.1. The van der Waals surface area contributed by atoms with E-state index in [4.69, 9.17) is 16.3 Å². The van der Waals surface area contributed by atoms with Gasteiger partial charge in [0, 0.05) is 11.0 Å². The van der Waals surface area contributed by atoms with Crippen LogP contribution in [-0.2, 0) is 0 Å². The first-order valence-electron chi connectivity index (χ1n) is 6.90. The Morgan fingerprint density at radius 2 is 1.91 bits per heavy atom. The number of nitrogens with zero attached hydrogens (tertiary/aromatic N) is 2. The summed E-state index contributed by atoms with van der Waals surface area (Å²) in [6.45, 7) is 0. The number of hydrogen-bond acceptors (Lipinski definition) is 5. The lowest BCUT2D eigenvalue weighted by atomic mass is 10.1. The van der Waals surface area contributed by atoms with Crippen LogP contribution in [0.3, 0.4) is 0 Å². The van der Waals surface area contributed by atoms with Crippen LogP contribution in [0, 0.1) is 0 Å². The smallest absolute Gasteiger partial charge is 0.239 e. The molecule has 114 valence electrons. The SMILES string of the molecule is CSc1nc(Cl)c2c(n1)OC(c1ccc3ccccc3c1)=CS2. The largest absolute Gasteiger partial charge is 0.436 e. The van der Waals surface area contributed by atoms with E-state index in [-0.39, 0.29) is 0 Å². The summed E-state index contributed by atoms with van der Waals surface area (Å²) in [6, 6.07) is 14.5. The monoisotopic (exact) mass is 358 g/mol. The quantitative estimate of drug-likeness (QED) is 0.344. The minimum atomic E-state index is 0.429. The number of halogens is 1. The molecule has 0 N–H and O–H groups in total. The lowest BCUT2D eigenvalue weighted by Gasteiger charge is -2.18. The second-order valence-corrected chi connectivity index (χ2v) is 6.91. The van der Waals surface area contributed by atoms with Crippen molar-refractivity contribution < 1.29 is 4.74 Å². The van der Waals surface area contributed by atoms with Crippen LogP contribution >= 0.6 is 35.1 Å². The summed E-state index contributed by atoms with van der Waals surface area (Å²) in [5.74, 6) is 1.29. The molecule has 0 atom stereocenters. The Balaban J connectivity index is 1.74. The second kappa shape index (κ2) is 6.07. The molecule has 2 heterocycles. The van der Waals surface area contributed by atoms with Gasteiger partial charge in [-0.3, -0.25) is 0 Å². The molecule has 0 aliphatic carbocycles. The molecule has 1 aromatic heterocycles. The third-order valence-electron chi connectivity index (χ3n) is 3.48. The van der Waals surface area contributed by atoms with Gasteiger partial charge in [0.05, 0.1) is 0 Å². The van der Waals surface area contributed by atoms with Gasteiger partial charge < -0.3 is 4.74 Å². The van der Waals surface area contributed by atoms with Crippen molar-refractivity contribution in [2.75, 3.05) is 6.26 Å². The summed E-state index contributed by atoms with van der Waals surface area (Å²) >= 11 is 9.13. The molecule has 1 aliphatic rings. The molecule has 0 radical (unpaired) electrons. The van der Waals surface area contributed by atoms with E-state index in [1.807, 2.05) is 23.8 Å². The first-order valence-corrected chi connectivity index (χ1v) is 9.38. The first-order chi connectivity index (χ1) is 11.2. The van der Waals surface area contributed by atoms with E-state index in [1.54, 1.807) is 0 Å². The van der Waals surface area contributed by atoms with Crippen molar-refractivity contribution in [3.05, 3.63) is 58.6 Å². The van der Waals surface area contributed by atoms with Crippen LogP contribution in [0.25, 0.3) is 16.5 Å². The number of aromatic nitrogens is 2. The minimum Gasteiger partial charge on any atom is -0.436 e. The lowest BCUT2D eigenvalue weighted by Crippen LogP contribution is -2.04. The molecule has 23 heavy (non-hydrogen) atoms. The Labute approximate surface area is 147 Å². The van der Waals surface area contributed by atoms with Crippen molar-refractivity contribution in [3.8, 4) is 5.88 Å². The van der Waals surface area contributed by atoms with Crippen LogP contribution in [0.5, 0.6) is 5.88 Å². The highest BCUT2D eigenvalue weighted by Crippen LogP contribution is 2.42. The molecule has 1 aliphatic heterocycles. The highest BCUT2D eigenvalue weighted by atomic mass is 35.5. The van der Waals surface area contributed by atoms with Crippen LogP contribution < -0.4 is 4.74 Å². The molecule has 0 saturated carbocycles. The summed E-state index contributed by atoms with van der Waals surface area (Å²) in [4.78, 5) is 9.40. The maximum absolute atomic E-state index is 6.20. The van der Waals surface area contributed by atoms with Crippen LogP contribution in [0.15, 0.2) is 57.9 Å².